The maximum absolute atomic E-state index is 11.5. The number of aliphatic hydroxyl groups excluding tert-OH is 1. The van der Waals surface area contributed by atoms with Crippen LogP contribution in [-0.4, -0.2) is 29.3 Å². The molecule has 0 amide bonds. The molecular formula is C22H24N4O3S2. The maximum Gasteiger partial charge on any atom is 0.211 e. The summed E-state index contributed by atoms with van der Waals surface area (Å²) in [5, 5.41) is 12.2. The number of hydrogen-bond donors (Lipinski definition) is 2. The van der Waals surface area contributed by atoms with Crippen LogP contribution < -0.4 is 9.62 Å². The first-order valence-electron chi connectivity index (χ1n) is 9.70. The average Bonchev–Trinajstić information content (AvgIpc) is 3.28. The third-order valence-electron chi connectivity index (χ3n) is 5.00. The molecule has 2 heterocycles. The quantitative estimate of drug-likeness (QED) is 0.413. The largest absolute Gasteiger partial charge is 0.372 e. The average molecular weight is 457 g/mol. The van der Waals surface area contributed by atoms with Crippen LogP contribution in [0.25, 0.3) is 10.9 Å². The summed E-state index contributed by atoms with van der Waals surface area (Å²) in [5.74, 6) is 0. The zero-order chi connectivity index (χ0) is 22.2. The highest BCUT2D eigenvalue weighted by molar-refractivity contribution is 7.88. The molecule has 4 aromatic rings. The van der Waals surface area contributed by atoms with E-state index in [1.165, 1.54) is 11.3 Å². The molecule has 1 unspecified atom stereocenters. The lowest BCUT2D eigenvalue weighted by Gasteiger charge is -2.22. The second kappa shape index (κ2) is 8.43. The number of aromatic nitrogens is 2. The summed E-state index contributed by atoms with van der Waals surface area (Å²) in [6, 6.07) is 18.4. The summed E-state index contributed by atoms with van der Waals surface area (Å²) in [7, 11) is -1.56. The van der Waals surface area contributed by atoms with E-state index in [4.69, 9.17) is 0 Å². The molecule has 0 aliphatic rings. The van der Waals surface area contributed by atoms with Crippen LogP contribution in [0.2, 0.25) is 0 Å². The van der Waals surface area contributed by atoms with Gasteiger partial charge in [0, 0.05) is 34.7 Å². The van der Waals surface area contributed by atoms with Gasteiger partial charge in [-0.2, -0.15) is 4.72 Å². The molecule has 0 bridgehead atoms. The van der Waals surface area contributed by atoms with E-state index in [2.05, 4.69) is 49.5 Å². The Morgan fingerprint density at radius 1 is 1.19 bits per heavy atom. The van der Waals surface area contributed by atoms with Crippen molar-refractivity contribution in [1.29, 1.82) is 0 Å². The Kier molecular flexibility index (Phi) is 5.85. The van der Waals surface area contributed by atoms with Crippen LogP contribution in [0, 0.1) is 6.92 Å². The number of sulfonamides is 1. The molecule has 9 heteroatoms. The van der Waals surface area contributed by atoms with E-state index in [1.54, 1.807) is 0 Å². The first-order valence-corrected chi connectivity index (χ1v) is 12.4. The number of aliphatic hydroxyl groups is 1. The minimum absolute atomic E-state index is 0.310. The predicted molar refractivity (Wildman–Crippen MR) is 125 cm³/mol. The van der Waals surface area contributed by atoms with Gasteiger partial charge in [-0.15, -0.1) is 11.3 Å². The van der Waals surface area contributed by atoms with Gasteiger partial charge in [0.15, 0.2) is 11.4 Å². The van der Waals surface area contributed by atoms with E-state index in [-0.39, 0.29) is 0 Å². The van der Waals surface area contributed by atoms with Gasteiger partial charge < -0.3 is 14.6 Å². The van der Waals surface area contributed by atoms with Gasteiger partial charge in [-0.3, -0.25) is 0 Å². The van der Waals surface area contributed by atoms with E-state index in [9.17, 15) is 13.5 Å². The molecule has 2 aromatic carbocycles. The first kappa shape index (κ1) is 21.5. The van der Waals surface area contributed by atoms with Gasteiger partial charge in [0.25, 0.3) is 0 Å². The Hall–Kier alpha value is -2.72. The van der Waals surface area contributed by atoms with Crippen molar-refractivity contribution in [2.75, 3.05) is 11.2 Å². The third kappa shape index (κ3) is 4.80. The van der Waals surface area contributed by atoms with Crippen molar-refractivity contribution in [2.24, 2.45) is 7.05 Å². The fourth-order valence-corrected chi connectivity index (χ4v) is 4.97. The van der Waals surface area contributed by atoms with Crippen molar-refractivity contribution in [2.45, 2.75) is 19.7 Å². The number of thiazole rings is 1. The second-order valence-corrected chi connectivity index (χ2v) is 10.4. The van der Waals surface area contributed by atoms with Crippen molar-refractivity contribution in [1.82, 2.24) is 14.3 Å². The van der Waals surface area contributed by atoms with Gasteiger partial charge >= 0.3 is 0 Å². The minimum Gasteiger partial charge on any atom is -0.372 e. The second-order valence-electron chi connectivity index (χ2n) is 7.47. The van der Waals surface area contributed by atoms with Gasteiger partial charge in [0.05, 0.1) is 12.8 Å². The fraction of sp³-hybridized carbons (Fsp3) is 0.227. The number of aryl methyl sites for hydroxylation is 2. The highest BCUT2D eigenvalue weighted by Gasteiger charge is 2.23. The summed E-state index contributed by atoms with van der Waals surface area (Å²) < 4.78 is 27.4. The van der Waals surface area contributed by atoms with E-state index in [0.717, 1.165) is 33.3 Å². The molecule has 0 saturated carbocycles. The standard InChI is InChI=1S/C22H24N4O3S2/c1-15-20(21(27)24-31(3,28)29)23-22(30-15)26(14-16-7-5-4-6-8-16)18-9-10-19-17(13-18)11-12-25(19)2/h4-13,21,24,27H,14H2,1-3H3. The van der Waals surface area contributed by atoms with Crippen LogP contribution in [0.1, 0.15) is 22.4 Å². The number of hydrogen-bond acceptors (Lipinski definition) is 6. The maximum atomic E-state index is 11.5. The van der Waals surface area contributed by atoms with Crippen molar-refractivity contribution in [3.05, 3.63) is 76.9 Å². The van der Waals surface area contributed by atoms with E-state index >= 15 is 0 Å². The summed E-state index contributed by atoms with van der Waals surface area (Å²) >= 11 is 1.42. The number of nitrogens with zero attached hydrogens (tertiary/aromatic N) is 3. The zero-order valence-corrected chi connectivity index (χ0v) is 19.1. The number of benzene rings is 2. The van der Waals surface area contributed by atoms with Gasteiger partial charge in [-0.05, 0) is 36.8 Å². The van der Waals surface area contributed by atoms with Gasteiger partial charge in [-0.1, -0.05) is 30.3 Å². The van der Waals surface area contributed by atoms with Crippen molar-refractivity contribution >= 4 is 43.1 Å². The topological polar surface area (TPSA) is 87.5 Å². The summed E-state index contributed by atoms with van der Waals surface area (Å²) in [6.45, 7) is 2.41. The van der Waals surface area contributed by atoms with Crippen LogP contribution >= 0.6 is 11.3 Å². The van der Waals surface area contributed by atoms with Gasteiger partial charge in [-0.25, -0.2) is 13.4 Å². The Bertz CT molecular complexity index is 1310. The molecule has 2 N–H and O–H groups in total. The van der Waals surface area contributed by atoms with Crippen molar-refractivity contribution < 1.29 is 13.5 Å². The SMILES string of the molecule is Cc1sc(N(Cc2ccccc2)c2ccc3c(ccn3C)c2)nc1C(O)NS(C)(=O)=O. The van der Waals surface area contributed by atoms with Crippen LogP contribution in [0.4, 0.5) is 10.8 Å². The molecule has 0 aliphatic carbocycles. The fourth-order valence-electron chi connectivity index (χ4n) is 3.49. The molecule has 2 aromatic heterocycles. The molecule has 0 saturated heterocycles. The molecule has 7 nitrogen and oxygen atoms in total. The molecule has 1 atom stereocenters. The number of fused-ring (bicyclic) bond motifs is 1. The van der Waals surface area contributed by atoms with Crippen molar-refractivity contribution in [3.8, 4) is 0 Å². The predicted octanol–water partition coefficient (Wildman–Crippen LogP) is 3.82. The number of rotatable bonds is 7. The molecular weight excluding hydrogens is 432 g/mol. The highest BCUT2D eigenvalue weighted by atomic mass is 32.2. The van der Waals surface area contributed by atoms with Crippen LogP contribution in [0.3, 0.4) is 0 Å². The molecule has 0 aliphatic heterocycles. The Balaban J connectivity index is 1.76. The molecule has 0 radical (unpaired) electrons. The van der Waals surface area contributed by atoms with E-state index < -0.39 is 16.3 Å². The van der Waals surface area contributed by atoms with Crippen LogP contribution in [-0.2, 0) is 23.6 Å². The minimum atomic E-state index is -3.57. The monoisotopic (exact) mass is 456 g/mol. The Labute approximate surface area is 185 Å². The van der Waals surface area contributed by atoms with Crippen molar-refractivity contribution in [3.63, 3.8) is 0 Å². The van der Waals surface area contributed by atoms with E-state index in [1.807, 2.05) is 44.4 Å². The lowest BCUT2D eigenvalue weighted by molar-refractivity contribution is 0.162. The summed E-state index contributed by atoms with van der Waals surface area (Å²) in [6.07, 6.45) is 1.64. The van der Waals surface area contributed by atoms with Gasteiger partial charge in [0.2, 0.25) is 10.0 Å². The zero-order valence-electron chi connectivity index (χ0n) is 17.5. The first-order chi connectivity index (χ1) is 14.7. The van der Waals surface area contributed by atoms with Crippen LogP contribution in [0.5, 0.6) is 0 Å². The number of anilines is 2. The van der Waals surface area contributed by atoms with Gasteiger partial charge in [0.1, 0.15) is 5.69 Å². The summed E-state index contributed by atoms with van der Waals surface area (Å²) in [5.41, 5.74) is 3.52. The molecule has 31 heavy (non-hydrogen) atoms. The summed E-state index contributed by atoms with van der Waals surface area (Å²) in [4.78, 5) is 7.44. The van der Waals surface area contributed by atoms with Crippen LogP contribution in [0.15, 0.2) is 60.8 Å². The molecule has 0 spiro atoms. The Morgan fingerprint density at radius 3 is 2.65 bits per heavy atom. The Morgan fingerprint density at radius 2 is 1.94 bits per heavy atom. The third-order valence-corrected chi connectivity index (χ3v) is 6.66. The number of nitrogens with one attached hydrogen (secondary N) is 1. The molecule has 162 valence electrons. The normalized spacial score (nSPS) is 12.9. The lowest BCUT2D eigenvalue weighted by Crippen LogP contribution is -2.27. The lowest BCUT2D eigenvalue weighted by atomic mass is 10.2. The smallest absolute Gasteiger partial charge is 0.211 e. The van der Waals surface area contributed by atoms with E-state index in [0.29, 0.717) is 17.4 Å². The molecule has 4 rings (SSSR count). The highest BCUT2D eigenvalue weighted by Crippen LogP contribution is 2.36. The molecule has 0 fully saturated rings.